The van der Waals surface area contributed by atoms with Crippen LogP contribution in [0.1, 0.15) is 19.4 Å². The van der Waals surface area contributed by atoms with Crippen LogP contribution in [-0.2, 0) is 20.0 Å². The molecular weight excluding hydrogens is 393 g/mol. The third-order valence-corrected chi connectivity index (χ3v) is 4.03. The molecule has 0 heterocycles. The van der Waals surface area contributed by atoms with E-state index < -0.39 is 29.4 Å². The largest absolute Gasteiger partial charge is 0.466 e. The normalized spacial score (nSPS) is 14.5. The molecule has 11 heteroatoms. The molecule has 0 fully saturated rings. The van der Waals surface area contributed by atoms with Crippen molar-refractivity contribution in [2.45, 2.75) is 25.6 Å². The van der Waals surface area contributed by atoms with Crippen molar-refractivity contribution in [3.63, 3.8) is 0 Å². The smallest absolute Gasteiger partial charge is 0.440 e. The highest BCUT2D eigenvalue weighted by atomic mass is 35.5. The molecule has 1 amide bonds. The zero-order chi connectivity index (χ0) is 21.0. The van der Waals surface area contributed by atoms with Gasteiger partial charge in [-0.25, -0.2) is 9.59 Å². The molecular formula is C16H18ClF3N2O5. The molecule has 1 aromatic rings. The van der Waals surface area contributed by atoms with Crippen molar-refractivity contribution in [2.24, 2.45) is 11.1 Å². The molecule has 0 bridgehead atoms. The van der Waals surface area contributed by atoms with Crippen molar-refractivity contribution in [3.8, 4) is 0 Å². The second-order valence-corrected chi connectivity index (χ2v) is 6.12. The van der Waals surface area contributed by atoms with Gasteiger partial charge in [0.25, 0.3) is 5.60 Å². The maximum absolute atomic E-state index is 13.2. The standard InChI is InChI=1S/C16H18ClF3N2O5/c1-9(2)12(17)21-27-14(24)22(3)11-7-5-10(6-8-11)15(25,13(23)26-4)16(18,19)20/h5-9,25H,1-4H3/b21-12-. The molecule has 0 saturated carbocycles. The van der Waals surface area contributed by atoms with E-state index in [2.05, 4.69) is 14.7 Å². The van der Waals surface area contributed by atoms with Crippen molar-refractivity contribution in [3.05, 3.63) is 29.8 Å². The molecule has 0 saturated heterocycles. The van der Waals surface area contributed by atoms with Gasteiger partial charge in [-0.2, -0.15) is 13.2 Å². The van der Waals surface area contributed by atoms with Crippen LogP contribution in [0.2, 0.25) is 0 Å². The van der Waals surface area contributed by atoms with Crippen LogP contribution >= 0.6 is 11.6 Å². The van der Waals surface area contributed by atoms with Crippen LogP contribution in [0.4, 0.5) is 23.7 Å². The molecule has 1 unspecified atom stereocenters. The van der Waals surface area contributed by atoms with Crippen LogP contribution in [0.3, 0.4) is 0 Å². The Morgan fingerprint density at radius 2 is 1.74 bits per heavy atom. The first-order valence-electron chi connectivity index (χ1n) is 7.52. The van der Waals surface area contributed by atoms with Gasteiger partial charge in [-0.3, -0.25) is 9.74 Å². The molecule has 0 aliphatic rings. The molecule has 0 aliphatic carbocycles. The van der Waals surface area contributed by atoms with Gasteiger partial charge < -0.3 is 9.84 Å². The number of alkyl halides is 3. The molecule has 1 rings (SSSR count). The molecule has 150 valence electrons. The predicted molar refractivity (Wildman–Crippen MR) is 91.4 cm³/mol. The van der Waals surface area contributed by atoms with Gasteiger partial charge in [-0.1, -0.05) is 42.7 Å². The van der Waals surface area contributed by atoms with Crippen molar-refractivity contribution >= 4 is 34.5 Å². The lowest BCUT2D eigenvalue weighted by molar-refractivity contribution is -0.266. The number of carbonyl (C=O) groups is 2. The first kappa shape index (κ1) is 22.7. The number of methoxy groups -OCH3 is 1. The van der Waals surface area contributed by atoms with E-state index in [9.17, 15) is 27.9 Å². The number of aliphatic hydroxyl groups is 1. The Hall–Kier alpha value is -2.33. The van der Waals surface area contributed by atoms with E-state index in [1.165, 1.54) is 7.05 Å². The number of oxime groups is 1. The summed E-state index contributed by atoms with van der Waals surface area (Å²) in [5, 5.41) is 13.4. The van der Waals surface area contributed by atoms with Crippen LogP contribution < -0.4 is 4.90 Å². The highest BCUT2D eigenvalue weighted by Gasteiger charge is 2.62. The summed E-state index contributed by atoms with van der Waals surface area (Å²) < 4.78 is 43.6. The van der Waals surface area contributed by atoms with Gasteiger partial charge in [0.05, 0.1) is 7.11 Å². The van der Waals surface area contributed by atoms with E-state index in [-0.39, 0.29) is 16.8 Å². The summed E-state index contributed by atoms with van der Waals surface area (Å²) in [5.41, 5.74) is -4.49. The number of rotatable bonds is 5. The Morgan fingerprint density at radius 3 is 2.15 bits per heavy atom. The molecule has 1 N–H and O–H groups in total. The minimum Gasteiger partial charge on any atom is -0.466 e. The second-order valence-electron chi connectivity index (χ2n) is 5.73. The minimum absolute atomic E-state index is 0.0559. The first-order valence-corrected chi connectivity index (χ1v) is 7.90. The topological polar surface area (TPSA) is 88.4 Å². The lowest BCUT2D eigenvalue weighted by atomic mass is 9.93. The van der Waals surface area contributed by atoms with Gasteiger partial charge in [0.15, 0.2) is 0 Å². The van der Waals surface area contributed by atoms with Crippen LogP contribution in [0, 0.1) is 5.92 Å². The Bertz CT molecular complexity index is 722. The first-order chi connectivity index (χ1) is 12.4. The number of benzene rings is 1. The van der Waals surface area contributed by atoms with Crippen molar-refractivity contribution < 1.29 is 37.4 Å². The number of esters is 1. The van der Waals surface area contributed by atoms with E-state index in [0.717, 1.165) is 36.3 Å². The lowest BCUT2D eigenvalue weighted by Crippen LogP contribution is -2.49. The summed E-state index contributed by atoms with van der Waals surface area (Å²) >= 11 is 5.74. The summed E-state index contributed by atoms with van der Waals surface area (Å²) in [4.78, 5) is 29.0. The maximum Gasteiger partial charge on any atom is 0.440 e. The maximum atomic E-state index is 13.2. The molecule has 7 nitrogen and oxygen atoms in total. The highest BCUT2D eigenvalue weighted by Crippen LogP contribution is 2.40. The summed E-state index contributed by atoms with van der Waals surface area (Å²) in [6, 6.07) is 3.86. The predicted octanol–water partition coefficient (Wildman–Crippen LogP) is 3.39. The van der Waals surface area contributed by atoms with Gasteiger partial charge in [0, 0.05) is 24.2 Å². The third kappa shape index (κ3) is 4.89. The van der Waals surface area contributed by atoms with Crippen LogP contribution in [0.25, 0.3) is 0 Å². The van der Waals surface area contributed by atoms with E-state index in [1.807, 2.05) is 0 Å². The van der Waals surface area contributed by atoms with Crippen LogP contribution in [0.5, 0.6) is 0 Å². The Balaban J connectivity index is 3.08. The highest BCUT2D eigenvalue weighted by molar-refractivity contribution is 6.65. The number of nitrogens with zero attached hydrogens (tertiary/aromatic N) is 2. The molecule has 0 aliphatic heterocycles. The summed E-state index contributed by atoms with van der Waals surface area (Å²) in [7, 11) is 2.01. The van der Waals surface area contributed by atoms with Gasteiger partial charge in [-0.05, 0) is 12.1 Å². The van der Waals surface area contributed by atoms with Crippen molar-refractivity contribution in [1.29, 1.82) is 0 Å². The SMILES string of the molecule is COC(=O)C(O)(c1ccc(N(C)C(=O)O/N=C(\Cl)C(C)C)cc1)C(F)(F)F. The molecule has 27 heavy (non-hydrogen) atoms. The molecule has 0 aromatic heterocycles. The fourth-order valence-electron chi connectivity index (χ4n) is 1.83. The van der Waals surface area contributed by atoms with E-state index in [4.69, 9.17) is 11.6 Å². The number of anilines is 1. The minimum atomic E-state index is -5.31. The van der Waals surface area contributed by atoms with Gasteiger partial charge in [0.2, 0.25) is 0 Å². The van der Waals surface area contributed by atoms with Gasteiger partial charge in [0.1, 0.15) is 5.17 Å². The Kier molecular flexibility index (Phi) is 7.21. The monoisotopic (exact) mass is 410 g/mol. The Labute approximate surface area is 158 Å². The summed E-state index contributed by atoms with van der Waals surface area (Å²) in [6.07, 6.45) is -6.25. The van der Waals surface area contributed by atoms with E-state index in [1.54, 1.807) is 13.8 Å². The average molecular weight is 411 g/mol. The summed E-state index contributed by atoms with van der Waals surface area (Å²) in [5.74, 6) is -2.05. The fourth-order valence-corrected chi connectivity index (χ4v) is 1.86. The number of hydrogen-bond acceptors (Lipinski definition) is 6. The molecule has 1 atom stereocenters. The fraction of sp³-hybridized carbons (Fsp3) is 0.438. The van der Waals surface area contributed by atoms with Crippen molar-refractivity contribution in [1.82, 2.24) is 0 Å². The van der Waals surface area contributed by atoms with E-state index >= 15 is 0 Å². The average Bonchev–Trinajstić information content (AvgIpc) is 2.62. The lowest BCUT2D eigenvalue weighted by Gasteiger charge is -2.28. The second kappa shape index (κ2) is 8.57. The van der Waals surface area contributed by atoms with Crippen molar-refractivity contribution in [2.75, 3.05) is 19.1 Å². The van der Waals surface area contributed by atoms with Crippen LogP contribution in [0.15, 0.2) is 29.4 Å². The van der Waals surface area contributed by atoms with Gasteiger partial charge >= 0.3 is 18.2 Å². The number of halogens is 4. The number of ether oxygens (including phenoxy) is 1. The summed E-state index contributed by atoms with van der Waals surface area (Å²) in [6.45, 7) is 3.45. The molecule has 0 spiro atoms. The van der Waals surface area contributed by atoms with E-state index in [0.29, 0.717) is 0 Å². The van der Waals surface area contributed by atoms with Gasteiger partial charge in [-0.15, -0.1) is 0 Å². The molecule has 0 radical (unpaired) electrons. The number of carbonyl (C=O) groups excluding carboxylic acids is 2. The zero-order valence-electron chi connectivity index (χ0n) is 14.9. The Morgan fingerprint density at radius 1 is 1.22 bits per heavy atom. The third-order valence-electron chi connectivity index (χ3n) is 3.52. The molecule has 1 aromatic carbocycles. The number of amides is 1. The van der Waals surface area contributed by atoms with Crippen LogP contribution in [-0.4, -0.2) is 42.7 Å². The zero-order valence-corrected chi connectivity index (χ0v) is 15.6. The quantitative estimate of drug-likeness (QED) is 0.348. The number of hydrogen-bond donors (Lipinski definition) is 1.